The summed E-state index contributed by atoms with van der Waals surface area (Å²) in [6.45, 7) is 0.182. The molecule has 0 radical (unpaired) electrons. The van der Waals surface area contributed by atoms with Gasteiger partial charge in [0.15, 0.2) is 6.29 Å². The highest BCUT2D eigenvalue weighted by atomic mass is 79.9. The molecular formula is C12H12BrNO4. The van der Waals surface area contributed by atoms with Crippen LogP contribution in [0.2, 0.25) is 0 Å². The first-order chi connectivity index (χ1) is 8.60. The largest absolute Gasteiger partial charge is 0.354 e. The summed E-state index contributed by atoms with van der Waals surface area (Å²) in [4.78, 5) is 25.2. The average Bonchev–Trinajstić information content (AvgIpc) is 2.61. The van der Waals surface area contributed by atoms with Gasteiger partial charge in [0, 0.05) is 18.7 Å². The van der Waals surface area contributed by atoms with Gasteiger partial charge in [-0.25, -0.2) is 0 Å². The molecule has 1 aromatic carbocycles. The minimum absolute atomic E-state index is 0.182. The number of ether oxygens (including phenoxy) is 2. The van der Waals surface area contributed by atoms with Crippen LogP contribution in [0.4, 0.5) is 5.69 Å². The molecule has 1 aromatic rings. The Morgan fingerprint density at radius 2 is 1.94 bits per heavy atom. The molecule has 6 heteroatoms. The van der Waals surface area contributed by atoms with Crippen molar-refractivity contribution in [1.82, 2.24) is 0 Å². The molecule has 0 bridgehead atoms. The zero-order chi connectivity index (χ0) is 13.3. The molecule has 1 aliphatic rings. The second-order valence-corrected chi connectivity index (χ2v) is 4.63. The maximum atomic E-state index is 11.9. The molecule has 1 aliphatic heterocycles. The summed E-state index contributed by atoms with van der Waals surface area (Å²) in [6.07, 6.45) is -0.563. The van der Waals surface area contributed by atoms with Gasteiger partial charge in [-0.15, -0.1) is 0 Å². The Morgan fingerprint density at radius 1 is 1.28 bits per heavy atom. The second kappa shape index (κ2) is 5.17. The standard InChI is InChI=1S/C12H12BrNO4/c1-17-9(18-2)6-14-8-5-3-4-7(13)10(8)11(15)12(14)16/h3-5,9H,6H2,1-2H3. The lowest BCUT2D eigenvalue weighted by molar-refractivity contribution is -0.119. The molecule has 0 atom stereocenters. The molecule has 0 unspecified atom stereocenters. The highest BCUT2D eigenvalue weighted by molar-refractivity contribution is 9.10. The van der Waals surface area contributed by atoms with E-state index in [0.717, 1.165) is 0 Å². The van der Waals surface area contributed by atoms with Crippen molar-refractivity contribution in [2.45, 2.75) is 6.29 Å². The van der Waals surface area contributed by atoms with E-state index in [2.05, 4.69) is 15.9 Å². The van der Waals surface area contributed by atoms with Gasteiger partial charge in [-0.1, -0.05) is 6.07 Å². The Labute approximate surface area is 113 Å². The number of hydrogen-bond donors (Lipinski definition) is 0. The molecule has 18 heavy (non-hydrogen) atoms. The molecule has 2 rings (SSSR count). The van der Waals surface area contributed by atoms with Crippen LogP contribution < -0.4 is 4.90 Å². The lowest BCUT2D eigenvalue weighted by atomic mass is 10.1. The van der Waals surface area contributed by atoms with Crippen molar-refractivity contribution >= 4 is 33.3 Å². The lowest BCUT2D eigenvalue weighted by Gasteiger charge is -2.21. The minimum Gasteiger partial charge on any atom is -0.354 e. The summed E-state index contributed by atoms with van der Waals surface area (Å²) in [5, 5.41) is 0. The van der Waals surface area contributed by atoms with Crippen LogP contribution in [0.3, 0.4) is 0 Å². The molecule has 1 heterocycles. The summed E-state index contributed by atoms with van der Waals surface area (Å²) in [5.74, 6) is -1.07. The number of carbonyl (C=O) groups is 2. The normalized spacial score (nSPS) is 14.6. The van der Waals surface area contributed by atoms with Gasteiger partial charge < -0.3 is 9.47 Å². The number of methoxy groups -OCH3 is 2. The zero-order valence-corrected chi connectivity index (χ0v) is 11.6. The van der Waals surface area contributed by atoms with Gasteiger partial charge in [0.2, 0.25) is 0 Å². The molecule has 0 spiro atoms. The zero-order valence-electron chi connectivity index (χ0n) is 9.97. The van der Waals surface area contributed by atoms with Crippen molar-refractivity contribution in [3.63, 3.8) is 0 Å². The molecule has 0 aliphatic carbocycles. The Kier molecular flexibility index (Phi) is 3.79. The molecule has 0 aromatic heterocycles. The highest BCUT2D eigenvalue weighted by Gasteiger charge is 2.38. The molecule has 1 amide bonds. The van der Waals surface area contributed by atoms with Crippen molar-refractivity contribution in [2.75, 3.05) is 25.7 Å². The smallest absolute Gasteiger partial charge is 0.299 e. The minimum atomic E-state index is -0.563. The number of Topliss-reactive ketones (excluding diaryl/α,β-unsaturated/α-hetero) is 1. The van der Waals surface area contributed by atoms with E-state index in [0.29, 0.717) is 15.7 Å². The third-order valence-corrected chi connectivity index (χ3v) is 3.47. The summed E-state index contributed by atoms with van der Waals surface area (Å²) in [6, 6.07) is 5.24. The third kappa shape index (κ3) is 2.07. The molecule has 0 saturated heterocycles. The van der Waals surface area contributed by atoms with Crippen molar-refractivity contribution in [3.05, 3.63) is 28.2 Å². The Balaban J connectivity index is 2.37. The summed E-state index contributed by atoms with van der Waals surface area (Å²) in [7, 11) is 2.97. The fourth-order valence-electron chi connectivity index (χ4n) is 1.88. The first-order valence-electron chi connectivity index (χ1n) is 5.30. The summed E-state index contributed by atoms with van der Waals surface area (Å²) in [5.41, 5.74) is 0.979. The van der Waals surface area contributed by atoms with E-state index < -0.39 is 18.0 Å². The van der Waals surface area contributed by atoms with Gasteiger partial charge in [0.1, 0.15) is 0 Å². The van der Waals surface area contributed by atoms with E-state index in [1.165, 1.54) is 19.1 Å². The first-order valence-corrected chi connectivity index (χ1v) is 6.09. The molecule has 0 N–H and O–H groups in total. The van der Waals surface area contributed by atoms with Crippen LogP contribution in [-0.2, 0) is 14.3 Å². The number of carbonyl (C=O) groups excluding carboxylic acids is 2. The van der Waals surface area contributed by atoms with Gasteiger partial charge in [0.25, 0.3) is 11.7 Å². The van der Waals surface area contributed by atoms with Crippen LogP contribution in [0.15, 0.2) is 22.7 Å². The number of fused-ring (bicyclic) bond motifs is 1. The molecule has 5 nitrogen and oxygen atoms in total. The quantitative estimate of drug-likeness (QED) is 0.626. The second-order valence-electron chi connectivity index (χ2n) is 3.78. The third-order valence-electron chi connectivity index (χ3n) is 2.81. The number of amides is 1. The van der Waals surface area contributed by atoms with Crippen LogP contribution in [-0.4, -0.2) is 38.7 Å². The van der Waals surface area contributed by atoms with E-state index >= 15 is 0 Å². The Bertz CT molecular complexity index is 499. The van der Waals surface area contributed by atoms with Crippen molar-refractivity contribution in [3.8, 4) is 0 Å². The average molecular weight is 314 g/mol. The number of benzene rings is 1. The van der Waals surface area contributed by atoms with E-state index in [4.69, 9.17) is 9.47 Å². The van der Waals surface area contributed by atoms with Crippen LogP contribution in [0.25, 0.3) is 0 Å². The van der Waals surface area contributed by atoms with E-state index in [9.17, 15) is 9.59 Å². The van der Waals surface area contributed by atoms with E-state index in [1.807, 2.05) is 0 Å². The van der Waals surface area contributed by atoms with Gasteiger partial charge in [0.05, 0.1) is 17.8 Å². The Hall–Kier alpha value is -1.24. The predicted octanol–water partition coefficient (Wildman–Crippen LogP) is 1.60. The van der Waals surface area contributed by atoms with Crippen molar-refractivity contribution in [2.24, 2.45) is 0 Å². The molecule has 0 fully saturated rings. The fourth-order valence-corrected chi connectivity index (χ4v) is 2.41. The lowest BCUT2D eigenvalue weighted by Crippen LogP contribution is -2.38. The van der Waals surface area contributed by atoms with Crippen LogP contribution in [0.1, 0.15) is 10.4 Å². The van der Waals surface area contributed by atoms with Crippen molar-refractivity contribution < 1.29 is 19.1 Å². The fraction of sp³-hybridized carbons (Fsp3) is 0.333. The number of nitrogens with zero attached hydrogens (tertiary/aromatic N) is 1. The summed E-state index contributed by atoms with van der Waals surface area (Å²) < 4.78 is 10.7. The van der Waals surface area contributed by atoms with Crippen LogP contribution in [0.5, 0.6) is 0 Å². The molecular weight excluding hydrogens is 302 g/mol. The first kappa shape index (κ1) is 13.2. The molecule has 96 valence electrons. The monoisotopic (exact) mass is 313 g/mol. The van der Waals surface area contributed by atoms with Crippen LogP contribution in [0, 0.1) is 0 Å². The van der Waals surface area contributed by atoms with Gasteiger partial charge in [-0.05, 0) is 28.1 Å². The van der Waals surface area contributed by atoms with Crippen molar-refractivity contribution in [1.29, 1.82) is 0 Å². The summed E-state index contributed by atoms with van der Waals surface area (Å²) >= 11 is 3.28. The SMILES string of the molecule is COC(CN1C(=O)C(=O)c2c(Br)cccc21)OC. The van der Waals surface area contributed by atoms with Gasteiger partial charge in [-0.2, -0.15) is 0 Å². The maximum absolute atomic E-state index is 11.9. The maximum Gasteiger partial charge on any atom is 0.299 e. The Morgan fingerprint density at radius 3 is 2.56 bits per heavy atom. The van der Waals surface area contributed by atoms with E-state index in [1.54, 1.807) is 18.2 Å². The highest BCUT2D eigenvalue weighted by Crippen LogP contribution is 2.34. The van der Waals surface area contributed by atoms with Gasteiger partial charge in [-0.3, -0.25) is 14.5 Å². The van der Waals surface area contributed by atoms with E-state index in [-0.39, 0.29) is 6.54 Å². The number of hydrogen-bond acceptors (Lipinski definition) is 4. The topological polar surface area (TPSA) is 55.8 Å². The number of halogens is 1. The molecule has 0 saturated carbocycles. The number of ketones is 1. The number of rotatable bonds is 4. The van der Waals surface area contributed by atoms with Crippen LogP contribution >= 0.6 is 15.9 Å². The van der Waals surface area contributed by atoms with Gasteiger partial charge >= 0.3 is 0 Å². The predicted molar refractivity (Wildman–Crippen MR) is 68.6 cm³/mol. The number of anilines is 1.